The molecule has 0 aliphatic rings. The number of benzene rings is 1. The van der Waals surface area contributed by atoms with Crippen molar-refractivity contribution in [3.05, 3.63) is 42.3 Å². The molecule has 0 bridgehead atoms. The highest BCUT2D eigenvalue weighted by molar-refractivity contribution is 5.73. The number of aromatic nitrogens is 2. The second-order valence-electron chi connectivity index (χ2n) is 7.84. The molecule has 2 aromatic rings. The van der Waals surface area contributed by atoms with Crippen molar-refractivity contribution < 1.29 is 22.4 Å². The van der Waals surface area contributed by atoms with Gasteiger partial charge in [0, 0.05) is 11.5 Å². The number of halogens is 3. The van der Waals surface area contributed by atoms with Crippen molar-refractivity contribution in [3.63, 3.8) is 0 Å². The number of nitrogens with two attached hydrogens (primary N) is 1. The van der Waals surface area contributed by atoms with E-state index >= 15 is 0 Å². The number of ether oxygens (including phenoxy) is 1. The average molecular weight is 485 g/mol. The molecule has 0 saturated heterocycles. The molecule has 9 heteroatoms. The molecule has 2 rings (SSSR count). The first kappa shape index (κ1) is 31.2. The molecule has 34 heavy (non-hydrogen) atoms. The van der Waals surface area contributed by atoms with Crippen LogP contribution < -0.4 is 10.5 Å². The van der Waals surface area contributed by atoms with Crippen LogP contribution in [0.25, 0.3) is 11.4 Å². The molecule has 0 radical (unpaired) electrons. The largest absolute Gasteiger partial charge is 0.489 e. The number of alkyl halides is 3. The average Bonchev–Trinajstić information content (AvgIpc) is 3.26. The van der Waals surface area contributed by atoms with Crippen LogP contribution in [-0.2, 0) is 6.18 Å². The molecule has 0 saturated carbocycles. The lowest BCUT2D eigenvalue weighted by Crippen LogP contribution is -2.09. The van der Waals surface area contributed by atoms with Crippen molar-refractivity contribution in [1.82, 2.24) is 10.1 Å². The first-order valence-electron chi connectivity index (χ1n) is 11.6. The minimum Gasteiger partial charge on any atom is -0.489 e. The maximum absolute atomic E-state index is 13.3. The van der Waals surface area contributed by atoms with Crippen LogP contribution in [0.2, 0.25) is 0 Å². The van der Waals surface area contributed by atoms with Crippen LogP contribution in [0.5, 0.6) is 5.75 Å². The number of rotatable bonds is 10. The Morgan fingerprint density at radius 1 is 1.21 bits per heavy atom. The van der Waals surface area contributed by atoms with Gasteiger partial charge in [-0.3, -0.25) is 5.41 Å². The van der Waals surface area contributed by atoms with Crippen molar-refractivity contribution in [1.29, 1.82) is 5.41 Å². The van der Waals surface area contributed by atoms with Gasteiger partial charge in [0.1, 0.15) is 12.4 Å². The van der Waals surface area contributed by atoms with Crippen molar-refractivity contribution in [2.45, 2.75) is 85.2 Å². The van der Waals surface area contributed by atoms with Crippen LogP contribution in [-0.4, -0.2) is 22.6 Å². The summed E-state index contributed by atoms with van der Waals surface area (Å²) in [6.07, 6.45) is 3.87. The monoisotopic (exact) mass is 484 g/mol. The molecule has 1 heterocycles. The van der Waals surface area contributed by atoms with E-state index in [1.165, 1.54) is 44.4 Å². The van der Waals surface area contributed by atoms with Crippen LogP contribution in [0.1, 0.15) is 90.5 Å². The van der Waals surface area contributed by atoms with Gasteiger partial charge in [0.15, 0.2) is 0 Å². The van der Waals surface area contributed by atoms with Crippen molar-refractivity contribution >= 4 is 5.84 Å². The normalized spacial score (nSPS) is 11.4. The fourth-order valence-electron chi connectivity index (χ4n) is 2.71. The summed E-state index contributed by atoms with van der Waals surface area (Å²) in [5.74, 6) is 0.553. The summed E-state index contributed by atoms with van der Waals surface area (Å²) >= 11 is 0. The van der Waals surface area contributed by atoms with Gasteiger partial charge in [-0.05, 0) is 31.5 Å². The third kappa shape index (κ3) is 12.4. The van der Waals surface area contributed by atoms with E-state index in [1.54, 1.807) is 0 Å². The van der Waals surface area contributed by atoms with Crippen LogP contribution in [0.4, 0.5) is 13.2 Å². The molecule has 0 fully saturated rings. The summed E-state index contributed by atoms with van der Waals surface area (Å²) in [5, 5.41) is 10.1. The fraction of sp³-hybridized carbons (Fsp3) is 0.560. The molecule has 0 aliphatic carbocycles. The van der Waals surface area contributed by atoms with E-state index in [1.807, 2.05) is 6.92 Å². The number of unbranched alkanes of at least 4 members (excludes halogenated alkanes) is 3. The second kappa shape index (κ2) is 16.7. The Morgan fingerprint density at radius 2 is 1.79 bits per heavy atom. The first-order chi connectivity index (χ1) is 16.0. The van der Waals surface area contributed by atoms with Gasteiger partial charge in [0.05, 0.1) is 11.4 Å². The molecule has 3 N–H and O–H groups in total. The van der Waals surface area contributed by atoms with Gasteiger partial charge < -0.3 is 15.0 Å². The standard InChI is InChI=1S/C18H21F3N2O2.C5H12.C2H6N2/c1-4-6-7-12(3)17-22-16(23-25-17)13-8-9-15(24-10-5-2)14(11-13)18(19,20)21;1-3-5-4-2;1-2(3)4/h5,8-9,11-12H,2,4,6-7,10H2,1,3H3;3-5H2,1-2H3;1H3,(H3,3,4)/t12-;;/m0../s1. The number of hydrogen-bond acceptors (Lipinski definition) is 5. The van der Waals surface area contributed by atoms with Crippen LogP contribution in [0.3, 0.4) is 0 Å². The predicted molar refractivity (Wildman–Crippen MR) is 131 cm³/mol. The molecule has 6 nitrogen and oxygen atoms in total. The van der Waals surface area contributed by atoms with Gasteiger partial charge >= 0.3 is 6.18 Å². The smallest absolute Gasteiger partial charge is 0.419 e. The van der Waals surface area contributed by atoms with E-state index in [4.69, 9.17) is 20.4 Å². The lowest BCUT2D eigenvalue weighted by atomic mass is 10.0. The zero-order valence-corrected chi connectivity index (χ0v) is 21.0. The van der Waals surface area contributed by atoms with Crippen LogP contribution in [0.15, 0.2) is 35.4 Å². The molecule has 0 aliphatic heterocycles. The van der Waals surface area contributed by atoms with Crippen molar-refractivity contribution in [3.8, 4) is 17.1 Å². The Bertz CT molecular complexity index is 845. The quantitative estimate of drug-likeness (QED) is 0.204. The number of hydrogen-bond donors (Lipinski definition) is 2. The summed E-state index contributed by atoms with van der Waals surface area (Å²) in [6.45, 7) is 13.4. The minimum absolute atomic E-state index is 0.0102. The van der Waals surface area contributed by atoms with Gasteiger partial charge in [-0.15, -0.1) is 0 Å². The zero-order chi connectivity index (χ0) is 26.1. The maximum atomic E-state index is 13.3. The minimum atomic E-state index is -4.55. The zero-order valence-electron chi connectivity index (χ0n) is 21.0. The molecular formula is C25H39F3N4O2. The van der Waals surface area contributed by atoms with E-state index in [9.17, 15) is 13.2 Å². The molecule has 0 amide bonds. The number of amidine groups is 1. The summed E-state index contributed by atoms with van der Waals surface area (Å²) in [7, 11) is 0. The second-order valence-corrected chi connectivity index (χ2v) is 7.84. The number of nitrogens with zero attached hydrogens (tertiary/aromatic N) is 2. The first-order valence-corrected chi connectivity index (χ1v) is 11.6. The molecule has 1 aromatic carbocycles. The molecule has 1 atom stereocenters. The summed E-state index contributed by atoms with van der Waals surface area (Å²) in [4.78, 5) is 4.25. The molecule has 0 unspecified atom stereocenters. The molecule has 192 valence electrons. The van der Waals surface area contributed by atoms with Crippen molar-refractivity contribution in [2.75, 3.05) is 6.61 Å². The third-order valence-electron chi connectivity index (χ3n) is 4.46. The Kier molecular flexibility index (Phi) is 15.3. The van der Waals surface area contributed by atoms with Crippen LogP contribution in [0, 0.1) is 5.41 Å². The Balaban J connectivity index is 0.00000103. The van der Waals surface area contributed by atoms with E-state index in [0.29, 0.717) is 5.89 Å². The predicted octanol–water partition coefficient (Wildman–Crippen LogP) is 7.75. The summed E-state index contributed by atoms with van der Waals surface area (Å²) in [5.41, 5.74) is 4.05. The van der Waals surface area contributed by atoms with Crippen molar-refractivity contribution in [2.24, 2.45) is 5.73 Å². The van der Waals surface area contributed by atoms with Gasteiger partial charge in [-0.1, -0.05) is 77.6 Å². The lowest BCUT2D eigenvalue weighted by Gasteiger charge is -2.13. The van der Waals surface area contributed by atoms with E-state index in [2.05, 4.69) is 37.5 Å². The van der Waals surface area contributed by atoms with Gasteiger partial charge in [-0.25, -0.2) is 0 Å². The van der Waals surface area contributed by atoms with Gasteiger partial charge in [-0.2, -0.15) is 18.2 Å². The lowest BCUT2D eigenvalue weighted by molar-refractivity contribution is -0.138. The maximum Gasteiger partial charge on any atom is 0.419 e. The highest BCUT2D eigenvalue weighted by atomic mass is 19.4. The Morgan fingerprint density at radius 3 is 2.26 bits per heavy atom. The topological polar surface area (TPSA) is 98.0 Å². The van der Waals surface area contributed by atoms with E-state index in [0.717, 1.165) is 25.3 Å². The van der Waals surface area contributed by atoms with Crippen LogP contribution >= 0.6 is 0 Å². The summed E-state index contributed by atoms with van der Waals surface area (Å²) < 4.78 is 50.1. The number of nitrogens with one attached hydrogen (secondary N) is 1. The van der Waals surface area contributed by atoms with Gasteiger partial charge in [0.2, 0.25) is 11.7 Å². The SMILES string of the molecule is C=CCOc1ccc(-c2noc([C@@H](C)CCCC)n2)cc1C(F)(F)F.CC(=N)N.CCCCC. The summed E-state index contributed by atoms with van der Waals surface area (Å²) in [6, 6.07) is 3.72. The molecule has 1 aromatic heterocycles. The highest BCUT2D eigenvalue weighted by Crippen LogP contribution is 2.38. The molecular weight excluding hydrogens is 445 g/mol. The highest BCUT2D eigenvalue weighted by Gasteiger charge is 2.35. The Hall–Kier alpha value is -2.84. The molecule has 0 spiro atoms. The van der Waals surface area contributed by atoms with E-state index < -0.39 is 11.7 Å². The third-order valence-corrected chi connectivity index (χ3v) is 4.46. The Labute approximate surface area is 201 Å². The fourth-order valence-corrected chi connectivity index (χ4v) is 2.71. The van der Waals surface area contributed by atoms with Gasteiger partial charge in [0.25, 0.3) is 0 Å². The van der Waals surface area contributed by atoms with E-state index in [-0.39, 0.29) is 35.5 Å².